The molecule has 0 amide bonds. The first-order valence-electron chi connectivity index (χ1n) is 10.5. The number of para-hydroxylation sites is 1. The van der Waals surface area contributed by atoms with Gasteiger partial charge in [0, 0.05) is 28.9 Å². The lowest BCUT2D eigenvalue weighted by Crippen LogP contribution is -2.60. The highest BCUT2D eigenvalue weighted by atomic mass is 16.5. The maximum absolute atomic E-state index is 5.87. The molecule has 0 aliphatic carbocycles. The Bertz CT molecular complexity index is 968. The van der Waals surface area contributed by atoms with Crippen LogP contribution in [0.25, 0.3) is 11.4 Å². The van der Waals surface area contributed by atoms with Crippen molar-refractivity contribution in [1.82, 2.24) is 15.3 Å². The van der Waals surface area contributed by atoms with E-state index in [-0.39, 0.29) is 11.1 Å². The summed E-state index contributed by atoms with van der Waals surface area (Å²) in [6, 6.07) is 20.0. The fourth-order valence-electron chi connectivity index (χ4n) is 4.51. The Morgan fingerprint density at radius 3 is 2.17 bits per heavy atom. The molecule has 1 aliphatic heterocycles. The third-order valence-corrected chi connectivity index (χ3v) is 5.29. The first kappa shape index (κ1) is 20.4. The number of ether oxygens (including phenoxy) is 1. The number of hydrogen-bond acceptors (Lipinski definition) is 5. The molecule has 0 radical (unpaired) electrons. The molecule has 4 rings (SSSR count). The van der Waals surface area contributed by atoms with Crippen LogP contribution in [0.3, 0.4) is 0 Å². The van der Waals surface area contributed by atoms with E-state index in [0.29, 0.717) is 11.9 Å². The first-order valence-corrected chi connectivity index (χ1v) is 10.5. The second-order valence-corrected chi connectivity index (χ2v) is 9.35. The molecule has 2 heterocycles. The zero-order valence-corrected chi connectivity index (χ0v) is 18.1. The Hall–Kier alpha value is -2.92. The van der Waals surface area contributed by atoms with Gasteiger partial charge in [-0.15, -0.1) is 0 Å². The summed E-state index contributed by atoms with van der Waals surface area (Å²) in [5.74, 6) is 3.18. The number of benzene rings is 2. The van der Waals surface area contributed by atoms with E-state index in [0.717, 1.165) is 35.7 Å². The van der Waals surface area contributed by atoms with E-state index in [9.17, 15) is 0 Å². The summed E-state index contributed by atoms with van der Waals surface area (Å²) in [6.45, 7) is 9.03. The topological polar surface area (TPSA) is 59.1 Å². The van der Waals surface area contributed by atoms with Gasteiger partial charge in [0.25, 0.3) is 0 Å². The number of piperidine rings is 1. The molecule has 1 aliphatic rings. The number of nitrogens with one attached hydrogen (secondary N) is 2. The molecule has 0 saturated carbocycles. The van der Waals surface area contributed by atoms with Gasteiger partial charge in [-0.1, -0.05) is 18.2 Å². The Labute approximate surface area is 178 Å². The molecule has 0 atom stereocenters. The van der Waals surface area contributed by atoms with Crippen LogP contribution in [0, 0.1) is 0 Å². The maximum Gasteiger partial charge on any atom is 0.161 e. The van der Waals surface area contributed by atoms with Gasteiger partial charge in [0.1, 0.15) is 17.3 Å². The Kier molecular flexibility index (Phi) is 5.48. The van der Waals surface area contributed by atoms with Crippen LogP contribution in [-0.2, 0) is 0 Å². The zero-order chi connectivity index (χ0) is 21.2. The molecule has 0 bridgehead atoms. The van der Waals surface area contributed by atoms with Crippen LogP contribution in [-0.4, -0.2) is 27.1 Å². The van der Waals surface area contributed by atoms with Crippen LogP contribution in [0.2, 0.25) is 0 Å². The monoisotopic (exact) mass is 402 g/mol. The standard InChI is InChI=1S/C25H30N4O/c1-24(2)16-19(17-25(3,4)29-24)27-22-14-15-26-23(28-22)18-10-12-21(13-11-18)30-20-8-6-5-7-9-20/h5-15,19,29H,16-17H2,1-4H3,(H,26,27,28). The summed E-state index contributed by atoms with van der Waals surface area (Å²) < 4.78 is 5.87. The highest BCUT2D eigenvalue weighted by Crippen LogP contribution is 2.30. The van der Waals surface area contributed by atoms with Gasteiger partial charge in [-0.3, -0.25) is 0 Å². The predicted octanol–water partition coefficient (Wildman–Crippen LogP) is 5.66. The third kappa shape index (κ3) is 5.16. The molecule has 2 N–H and O–H groups in total. The van der Waals surface area contributed by atoms with Crippen molar-refractivity contribution in [2.45, 2.75) is 57.7 Å². The number of hydrogen-bond donors (Lipinski definition) is 2. The van der Waals surface area contributed by atoms with Crippen molar-refractivity contribution < 1.29 is 4.74 Å². The SMILES string of the molecule is CC1(C)CC(Nc2ccnc(-c3ccc(Oc4ccccc4)cc3)n2)CC(C)(C)N1. The zero-order valence-electron chi connectivity index (χ0n) is 18.1. The van der Waals surface area contributed by atoms with Crippen LogP contribution in [0.1, 0.15) is 40.5 Å². The van der Waals surface area contributed by atoms with Gasteiger partial charge in [-0.25, -0.2) is 9.97 Å². The third-order valence-electron chi connectivity index (χ3n) is 5.29. The minimum Gasteiger partial charge on any atom is -0.457 e. The maximum atomic E-state index is 5.87. The summed E-state index contributed by atoms with van der Waals surface area (Å²) in [5.41, 5.74) is 1.14. The van der Waals surface area contributed by atoms with Crippen LogP contribution in [0.15, 0.2) is 66.9 Å². The van der Waals surface area contributed by atoms with Crippen LogP contribution in [0.5, 0.6) is 11.5 Å². The van der Waals surface area contributed by atoms with Gasteiger partial charge in [-0.05, 0) is 83.0 Å². The quantitative estimate of drug-likeness (QED) is 0.577. The Morgan fingerprint density at radius 1 is 0.867 bits per heavy atom. The van der Waals surface area contributed by atoms with E-state index in [4.69, 9.17) is 9.72 Å². The summed E-state index contributed by atoms with van der Waals surface area (Å²) in [6.07, 6.45) is 3.90. The molecule has 3 aromatic rings. The normalized spacial score (nSPS) is 18.0. The highest BCUT2D eigenvalue weighted by Gasteiger charge is 2.37. The molecule has 0 unspecified atom stereocenters. The van der Waals surface area contributed by atoms with Gasteiger partial charge in [0.05, 0.1) is 0 Å². The van der Waals surface area contributed by atoms with Crippen molar-refractivity contribution in [3.05, 3.63) is 66.9 Å². The van der Waals surface area contributed by atoms with Gasteiger partial charge in [0.2, 0.25) is 0 Å². The molecule has 156 valence electrons. The number of aromatic nitrogens is 2. The minimum atomic E-state index is 0.0872. The van der Waals surface area contributed by atoms with Gasteiger partial charge >= 0.3 is 0 Å². The molecule has 5 nitrogen and oxygen atoms in total. The fraction of sp³-hybridized carbons (Fsp3) is 0.360. The van der Waals surface area contributed by atoms with E-state index in [1.807, 2.05) is 66.9 Å². The van der Waals surface area contributed by atoms with Crippen molar-refractivity contribution in [2.24, 2.45) is 0 Å². The number of anilines is 1. The van der Waals surface area contributed by atoms with E-state index in [2.05, 4.69) is 43.3 Å². The smallest absolute Gasteiger partial charge is 0.161 e. The predicted molar refractivity (Wildman–Crippen MR) is 122 cm³/mol. The van der Waals surface area contributed by atoms with E-state index >= 15 is 0 Å². The summed E-state index contributed by atoms with van der Waals surface area (Å²) in [5, 5.41) is 7.35. The van der Waals surface area contributed by atoms with E-state index < -0.39 is 0 Å². The lowest BCUT2D eigenvalue weighted by molar-refractivity contribution is 0.170. The Morgan fingerprint density at radius 2 is 1.50 bits per heavy atom. The molecule has 2 aromatic carbocycles. The van der Waals surface area contributed by atoms with Crippen molar-refractivity contribution in [3.63, 3.8) is 0 Å². The van der Waals surface area contributed by atoms with Crippen LogP contribution >= 0.6 is 0 Å². The summed E-state index contributed by atoms with van der Waals surface area (Å²) >= 11 is 0. The van der Waals surface area contributed by atoms with Crippen molar-refractivity contribution in [3.8, 4) is 22.9 Å². The van der Waals surface area contributed by atoms with Crippen molar-refractivity contribution in [2.75, 3.05) is 5.32 Å². The van der Waals surface area contributed by atoms with E-state index in [1.54, 1.807) is 0 Å². The highest BCUT2D eigenvalue weighted by molar-refractivity contribution is 5.58. The van der Waals surface area contributed by atoms with Gasteiger partial charge < -0.3 is 15.4 Å². The average molecular weight is 403 g/mol. The molecule has 0 spiro atoms. The summed E-state index contributed by atoms with van der Waals surface area (Å²) in [7, 11) is 0. The largest absolute Gasteiger partial charge is 0.457 e. The van der Waals surface area contributed by atoms with Gasteiger partial charge in [0.15, 0.2) is 5.82 Å². The number of nitrogens with zero attached hydrogens (tertiary/aromatic N) is 2. The van der Waals surface area contributed by atoms with Gasteiger partial charge in [-0.2, -0.15) is 0 Å². The van der Waals surface area contributed by atoms with Crippen molar-refractivity contribution >= 4 is 5.82 Å². The molecule has 1 fully saturated rings. The molecule has 1 aromatic heterocycles. The molecule has 5 heteroatoms. The molecular formula is C25H30N4O. The number of rotatable bonds is 5. The molecular weight excluding hydrogens is 372 g/mol. The average Bonchev–Trinajstić information content (AvgIpc) is 2.67. The molecule has 1 saturated heterocycles. The van der Waals surface area contributed by atoms with Crippen LogP contribution in [0.4, 0.5) is 5.82 Å². The minimum absolute atomic E-state index is 0.0872. The first-order chi connectivity index (χ1) is 14.3. The lowest BCUT2D eigenvalue weighted by Gasteiger charge is -2.46. The van der Waals surface area contributed by atoms with Crippen molar-refractivity contribution in [1.29, 1.82) is 0 Å². The Balaban J connectivity index is 1.47. The second kappa shape index (κ2) is 8.07. The second-order valence-electron chi connectivity index (χ2n) is 9.35. The van der Waals surface area contributed by atoms with Crippen LogP contribution < -0.4 is 15.4 Å². The lowest BCUT2D eigenvalue weighted by atomic mass is 9.79. The fourth-order valence-corrected chi connectivity index (χ4v) is 4.51. The summed E-state index contributed by atoms with van der Waals surface area (Å²) in [4.78, 5) is 9.23. The van der Waals surface area contributed by atoms with E-state index in [1.165, 1.54) is 0 Å². The molecule has 30 heavy (non-hydrogen) atoms.